The molecule has 3 rings (SSSR count). The second-order valence-corrected chi connectivity index (χ2v) is 7.98. The van der Waals surface area contributed by atoms with Crippen LogP contribution < -0.4 is 21.6 Å². The zero-order valence-corrected chi connectivity index (χ0v) is 18.4. The van der Waals surface area contributed by atoms with Gasteiger partial charge in [-0.15, -0.1) is 0 Å². The summed E-state index contributed by atoms with van der Waals surface area (Å²) in [5.41, 5.74) is 8.78. The number of aromatic nitrogens is 3. The Balaban J connectivity index is 1.71. The summed E-state index contributed by atoms with van der Waals surface area (Å²) in [6, 6.07) is 3.74. The van der Waals surface area contributed by atoms with Gasteiger partial charge in [-0.25, -0.2) is 15.2 Å². The zero-order chi connectivity index (χ0) is 22.4. The second kappa shape index (κ2) is 10.4. The number of hydrogen-bond donors (Lipinski definition) is 3. The molecule has 170 valence electrons. The van der Waals surface area contributed by atoms with Gasteiger partial charge >= 0.3 is 0 Å². The van der Waals surface area contributed by atoms with E-state index in [0.29, 0.717) is 17.1 Å². The van der Waals surface area contributed by atoms with E-state index in [1.165, 1.54) is 31.2 Å². The van der Waals surface area contributed by atoms with Crippen LogP contribution in [0.15, 0.2) is 22.4 Å². The number of hydrogen-bond acceptors (Lipinski definition) is 9. The van der Waals surface area contributed by atoms with Gasteiger partial charge in [0.05, 0.1) is 41.9 Å². The number of alkyl halides is 1. The summed E-state index contributed by atoms with van der Waals surface area (Å²) in [6.45, 7) is 3.58. The van der Waals surface area contributed by atoms with Crippen molar-refractivity contribution >= 4 is 11.6 Å². The van der Waals surface area contributed by atoms with Crippen LogP contribution >= 0.6 is 0 Å². The van der Waals surface area contributed by atoms with Crippen LogP contribution in [0.5, 0.6) is 5.75 Å². The number of hydrazine groups is 1. The molecule has 9 nitrogen and oxygen atoms in total. The third kappa shape index (κ3) is 6.30. The van der Waals surface area contributed by atoms with Gasteiger partial charge in [-0.2, -0.15) is 4.98 Å². The summed E-state index contributed by atoms with van der Waals surface area (Å²) in [5.74, 6) is 7.24. The SMILES string of the molecule is Cc1nc(/C(N)=C(\CNc2noc(CC(C)F)n2)N(C)N)ccc1OC1CCCCC1. The fourth-order valence-electron chi connectivity index (χ4n) is 3.56. The monoisotopic (exact) mass is 433 g/mol. The van der Waals surface area contributed by atoms with Crippen LogP contribution in [0.3, 0.4) is 0 Å². The van der Waals surface area contributed by atoms with E-state index in [1.807, 2.05) is 19.1 Å². The van der Waals surface area contributed by atoms with Gasteiger partial charge in [0.15, 0.2) is 0 Å². The van der Waals surface area contributed by atoms with E-state index in [1.54, 1.807) is 7.05 Å². The number of aryl methyl sites for hydroxylation is 1. The Morgan fingerprint density at radius 2 is 2.06 bits per heavy atom. The number of ether oxygens (including phenoxy) is 1. The van der Waals surface area contributed by atoms with Crippen molar-refractivity contribution in [1.29, 1.82) is 0 Å². The predicted octanol–water partition coefficient (Wildman–Crippen LogP) is 2.93. The molecule has 5 N–H and O–H groups in total. The Hall–Kier alpha value is -2.88. The Labute approximate surface area is 182 Å². The van der Waals surface area contributed by atoms with Crippen LogP contribution in [0, 0.1) is 6.92 Å². The van der Waals surface area contributed by atoms with Crippen LogP contribution in [0.25, 0.3) is 5.70 Å². The fraction of sp³-hybridized carbons (Fsp3) is 0.571. The van der Waals surface area contributed by atoms with E-state index in [4.69, 9.17) is 20.8 Å². The summed E-state index contributed by atoms with van der Waals surface area (Å²) in [4.78, 5) is 8.74. The minimum absolute atomic E-state index is 0.0643. The average molecular weight is 434 g/mol. The molecule has 2 aromatic rings. The van der Waals surface area contributed by atoms with E-state index in [0.717, 1.165) is 24.3 Å². The third-order valence-corrected chi connectivity index (χ3v) is 5.23. The van der Waals surface area contributed by atoms with E-state index in [-0.39, 0.29) is 30.9 Å². The summed E-state index contributed by atoms with van der Waals surface area (Å²) < 4.78 is 24.3. The first-order valence-corrected chi connectivity index (χ1v) is 10.7. The van der Waals surface area contributed by atoms with Crippen molar-refractivity contribution in [3.05, 3.63) is 35.1 Å². The molecule has 0 radical (unpaired) electrons. The molecule has 1 aliphatic carbocycles. The maximum Gasteiger partial charge on any atom is 0.263 e. The number of halogens is 1. The lowest BCUT2D eigenvalue weighted by atomic mass is 9.98. The molecule has 1 fully saturated rings. The lowest BCUT2D eigenvalue weighted by molar-refractivity contribution is 0.153. The lowest BCUT2D eigenvalue weighted by Gasteiger charge is -2.24. The zero-order valence-electron chi connectivity index (χ0n) is 18.4. The van der Waals surface area contributed by atoms with Crippen molar-refractivity contribution in [2.24, 2.45) is 11.6 Å². The molecule has 1 unspecified atom stereocenters. The van der Waals surface area contributed by atoms with Gasteiger partial charge in [0, 0.05) is 7.05 Å². The molecular formula is C21H32FN7O2. The molecule has 0 bridgehead atoms. The molecule has 1 saturated carbocycles. The highest BCUT2D eigenvalue weighted by Gasteiger charge is 2.18. The lowest BCUT2D eigenvalue weighted by Crippen LogP contribution is -2.32. The highest BCUT2D eigenvalue weighted by Crippen LogP contribution is 2.26. The topological polar surface area (TPSA) is 128 Å². The first-order valence-electron chi connectivity index (χ1n) is 10.7. The smallest absolute Gasteiger partial charge is 0.263 e. The molecule has 0 saturated heterocycles. The van der Waals surface area contributed by atoms with Crippen LogP contribution in [-0.2, 0) is 6.42 Å². The average Bonchev–Trinajstić information content (AvgIpc) is 3.16. The minimum atomic E-state index is -1.06. The van der Waals surface area contributed by atoms with Gasteiger partial charge < -0.3 is 25.3 Å². The highest BCUT2D eigenvalue weighted by atomic mass is 19.1. The Kier molecular flexibility index (Phi) is 7.67. The molecule has 2 aromatic heterocycles. The minimum Gasteiger partial charge on any atom is -0.489 e. The van der Waals surface area contributed by atoms with E-state index in [9.17, 15) is 4.39 Å². The van der Waals surface area contributed by atoms with Gasteiger partial charge in [0.25, 0.3) is 5.95 Å². The number of anilines is 1. The largest absolute Gasteiger partial charge is 0.489 e. The number of nitrogens with one attached hydrogen (secondary N) is 1. The van der Waals surface area contributed by atoms with E-state index >= 15 is 0 Å². The van der Waals surface area contributed by atoms with Crippen molar-refractivity contribution in [1.82, 2.24) is 20.1 Å². The molecule has 0 spiro atoms. The summed E-state index contributed by atoms with van der Waals surface area (Å²) in [7, 11) is 1.68. The number of nitrogens with two attached hydrogens (primary N) is 2. The number of nitrogens with zero attached hydrogens (tertiary/aromatic N) is 4. The van der Waals surface area contributed by atoms with Crippen LogP contribution in [-0.4, -0.2) is 46.0 Å². The second-order valence-electron chi connectivity index (χ2n) is 7.98. The molecular weight excluding hydrogens is 401 g/mol. The Morgan fingerprint density at radius 3 is 2.71 bits per heavy atom. The van der Waals surface area contributed by atoms with Crippen molar-refractivity contribution in [3.63, 3.8) is 0 Å². The predicted molar refractivity (Wildman–Crippen MR) is 117 cm³/mol. The first kappa shape index (κ1) is 22.8. The van der Waals surface area contributed by atoms with E-state index in [2.05, 4.69) is 20.4 Å². The van der Waals surface area contributed by atoms with Gasteiger partial charge in [0.1, 0.15) is 11.9 Å². The molecule has 1 aliphatic rings. The maximum atomic E-state index is 13.1. The van der Waals surface area contributed by atoms with Gasteiger partial charge in [-0.1, -0.05) is 6.42 Å². The summed E-state index contributed by atoms with van der Waals surface area (Å²) >= 11 is 0. The molecule has 0 aromatic carbocycles. The highest BCUT2D eigenvalue weighted by molar-refractivity contribution is 5.64. The van der Waals surface area contributed by atoms with Crippen molar-refractivity contribution in [3.8, 4) is 5.75 Å². The first-order chi connectivity index (χ1) is 14.8. The van der Waals surface area contributed by atoms with Crippen LogP contribution in [0.2, 0.25) is 0 Å². The van der Waals surface area contributed by atoms with Crippen LogP contribution in [0.4, 0.5) is 10.3 Å². The third-order valence-electron chi connectivity index (χ3n) is 5.23. The van der Waals surface area contributed by atoms with Crippen LogP contribution in [0.1, 0.15) is 56.3 Å². The van der Waals surface area contributed by atoms with Crippen molar-refractivity contribution < 1.29 is 13.7 Å². The normalized spacial score (nSPS) is 16.5. The number of rotatable bonds is 9. The molecule has 31 heavy (non-hydrogen) atoms. The quantitative estimate of drug-likeness (QED) is 0.404. The molecule has 1 atom stereocenters. The van der Waals surface area contributed by atoms with Crippen molar-refractivity contribution in [2.75, 3.05) is 18.9 Å². The molecule has 2 heterocycles. The standard InChI is InChI=1S/C21H32FN7O2/c1-13(22)11-19-27-21(28-31-19)25-12-17(29(3)24)20(23)16-9-10-18(14(2)26-16)30-15-7-5-4-6-8-15/h9-10,13,15H,4-8,11-12,23-24H2,1-3H3,(H,25,28)/b20-17-. The number of likely N-dealkylation sites (N-methyl/N-ethyl adjacent to an activating group) is 1. The molecule has 10 heteroatoms. The number of pyridine rings is 1. The maximum absolute atomic E-state index is 13.1. The Morgan fingerprint density at radius 1 is 1.32 bits per heavy atom. The summed E-state index contributed by atoms with van der Waals surface area (Å²) in [6.07, 6.45) is 5.11. The summed E-state index contributed by atoms with van der Waals surface area (Å²) in [5, 5.41) is 8.21. The Bertz CT molecular complexity index is 892. The fourth-order valence-corrected chi connectivity index (χ4v) is 3.56. The van der Waals surface area contributed by atoms with Gasteiger partial charge in [-0.05, 0) is 56.8 Å². The van der Waals surface area contributed by atoms with Gasteiger partial charge in [0.2, 0.25) is 5.89 Å². The van der Waals surface area contributed by atoms with Gasteiger partial charge in [-0.3, -0.25) is 0 Å². The molecule has 0 aliphatic heterocycles. The van der Waals surface area contributed by atoms with Crippen molar-refractivity contribution in [2.45, 2.75) is 64.6 Å². The molecule has 0 amide bonds. The van der Waals surface area contributed by atoms with E-state index < -0.39 is 6.17 Å².